The molecular weight excluding hydrogens is 188 g/mol. The molecule has 0 spiro atoms. The van der Waals surface area contributed by atoms with Gasteiger partial charge in [-0.3, -0.25) is 8.74 Å². The molecule has 11 heavy (non-hydrogen) atoms. The first-order chi connectivity index (χ1) is 5.06. The molecule has 0 aromatic carbocycles. The highest BCUT2D eigenvalue weighted by Crippen LogP contribution is 2.14. The van der Waals surface area contributed by atoms with Crippen LogP contribution in [0.3, 0.4) is 0 Å². The summed E-state index contributed by atoms with van der Waals surface area (Å²) in [6.07, 6.45) is 2.93. The molecule has 0 aromatic rings. The van der Waals surface area contributed by atoms with E-state index < -0.39 is 10.4 Å². The third kappa shape index (κ3) is 10.2. The van der Waals surface area contributed by atoms with Crippen molar-refractivity contribution in [2.75, 3.05) is 18.6 Å². The molecule has 0 aliphatic carbocycles. The lowest BCUT2D eigenvalue weighted by atomic mass is 10.4. The van der Waals surface area contributed by atoms with Crippen LogP contribution in [0, 0.1) is 0 Å². The topological polar surface area (TPSA) is 63.6 Å². The molecule has 68 valence electrons. The number of hydrogen-bond donors (Lipinski definition) is 1. The Balaban J connectivity index is 0.000000183. The van der Waals surface area contributed by atoms with E-state index >= 15 is 0 Å². The van der Waals surface area contributed by atoms with E-state index in [4.69, 9.17) is 4.55 Å². The molecule has 1 aliphatic heterocycles. The van der Waals surface area contributed by atoms with Crippen LogP contribution < -0.4 is 0 Å². The summed E-state index contributed by atoms with van der Waals surface area (Å²) in [6, 6.07) is 0. The highest BCUT2D eigenvalue weighted by Gasteiger charge is 1.95. The Morgan fingerprint density at radius 2 is 1.73 bits per heavy atom. The number of rotatable bonds is 1. The number of thioether (sulfide) groups is 1. The summed E-state index contributed by atoms with van der Waals surface area (Å²) in [6.45, 7) is 0. The van der Waals surface area contributed by atoms with Crippen molar-refractivity contribution in [3.05, 3.63) is 0 Å². The van der Waals surface area contributed by atoms with Crippen LogP contribution in [-0.4, -0.2) is 31.6 Å². The van der Waals surface area contributed by atoms with E-state index in [1.807, 2.05) is 0 Å². The Bertz CT molecular complexity index is 163. The maximum atomic E-state index is 9.33. The first-order valence-corrected chi connectivity index (χ1v) is 5.69. The van der Waals surface area contributed by atoms with Crippen LogP contribution in [0.25, 0.3) is 0 Å². The van der Waals surface area contributed by atoms with Crippen molar-refractivity contribution in [3.63, 3.8) is 0 Å². The van der Waals surface area contributed by atoms with E-state index in [0.717, 1.165) is 7.11 Å². The molecule has 0 radical (unpaired) electrons. The second kappa shape index (κ2) is 5.82. The lowest BCUT2D eigenvalue weighted by Crippen LogP contribution is -1.96. The van der Waals surface area contributed by atoms with Crippen molar-refractivity contribution in [2.24, 2.45) is 0 Å². The van der Waals surface area contributed by atoms with Gasteiger partial charge in [0.05, 0.1) is 7.11 Å². The molecule has 1 saturated heterocycles. The minimum absolute atomic E-state index is 0.870. The monoisotopic (exact) mass is 200 g/mol. The largest absolute Gasteiger partial charge is 0.397 e. The van der Waals surface area contributed by atoms with Crippen LogP contribution in [0.4, 0.5) is 0 Å². The Morgan fingerprint density at radius 1 is 1.36 bits per heavy atom. The molecule has 1 fully saturated rings. The third-order valence-electron chi connectivity index (χ3n) is 1.04. The average Bonchev–Trinajstić information content (AvgIpc) is 2.41. The van der Waals surface area contributed by atoms with Gasteiger partial charge in [-0.25, -0.2) is 0 Å². The van der Waals surface area contributed by atoms with Crippen molar-refractivity contribution in [2.45, 2.75) is 12.8 Å². The van der Waals surface area contributed by atoms with Gasteiger partial charge >= 0.3 is 10.4 Å². The minimum atomic E-state index is -4.16. The molecule has 0 aromatic heterocycles. The smallest absolute Gasteiger partial charge is 0.264 e. The predicted molar refractivity (Wildman–Crippen MR) is 45.1 cm³/mol. The van der Waals surface area contributed by atoms with Crippen LogP contribution in [0.2, 0.25) is 0 Å². The first-order valence-electron chi connectivity index (χ1n) is 3.17. The van der Waals surface area contributed by atoms with Gasteiger partial charge in [-0.15, -0.1) is 0 Å². The quantitative estimate of drug-likeness (QED) is 0.638. The van der Waals surface area contributed by atoms with E-state index in [2.05, 4.69) is 15.9 Å². The van der Waals surface area contributed by atoms with Gasteiger partial charge in [0.15, 0.2) is 0 Å². The zero-order valence-corrected chi connectivity index (χ0v) is 7.95. The Hall–Kier alpha value is 0.220. The highest BCUT2D eigenvalue weighted by atomic mass is 32.3. The molecule has 0 saturated carbocycles. The fourth-order valence-corrected chi connectivity index (χ4v) is 1.53. The maximum Gasteiger partial charge on any atom is 0.397 e. The summed E-state index contributed by atoms with van der Waals surface area (Å²) in [5.41, 5.74) is 0. The van der Waals surface area contributed by atoms with E-state index in [1.165, 1.54) is 24.3 Å². The fraction of sp³-hybridized carbons (Fsp3) is 1.00. The van der Waals surface area contributed by atoms with Crippen molar-refractivity contribution in [1.82, 2.24) is 0 Å². The predicted octanol–water partition coefficient (Wildman–Crippen LogP) is 0.949. The van der Waals surface area contributed by atoms with Crippen molar-refractivity contribution in [3.8, 4) is 0 Å². The standard InChI is InChI=1S/C4H8S.CH4O4S/c1-2-4-5-3-1;1-5-6(2,3)4/h1-4H2;1H3,(H,2,3,4). The maximum absolute atomic E-state index is 9.33. The second-order valence-electron chi connectivity index (χ2n) is 1.91. The molecule has 1 heterocycles. The van der Waals surface area contributed by atoms with E-state index in [1.54, 1.807) is 0 Å². The molecular formula is C5H12O4S2. The van der Waals surface area contributed by atoms with Gasteiger partial charge < -0.3 is 0 Å². The normalized spacial score (nSPS) is 17.3. The van der Waals surface area contributed by atoms with E-state index in [9.17, 15) is 8.42 Å². The van der Waals surface area contributed by atoms with Crippen LogP contribution in [0.5, 0.6) is 0 Å². The summed E-state index contributed by atoms with van der Waals surface area (Å²) in [4.78, 5) is 0. The van der Waals surface area contributed by atoms with Gasteiger partial charge in [-0.05, 0) is 24.3 Å². The highest BCUT2D eigenvalue weighted by molar-refractivity contribution is 7.99. The van der Waals surface area contributed by atoms with Gasteiger partial charge in [0.2, 0.25) is 0 Å². The molecule has 1 rings (SSSR count). The zero-order chi connectivity index (χ0) is 8.74. The number of hydrogen-bond acceptors (Lipinski definition) is 4. The molecule has 0 bridgehead atoms. The van der Waals surface area contributed by atoms with Crippen LogP contribution >= 0.6 is 11.8 Å². The third-order valence-corrected chi connectivity index (χ3v) is 2.61. The SMILES string of the molecule is C1CCSC1.COS(=O)(=O)O. The van der Waals surface area contributed by atoms with Crippen molar-refractivity contribution >= 4 is 22.2 Å². The summed E-state index contributed by atoms with van der Waals surface area (Å²) >= 11 is 2.07. The minimum Gasteiger partial charge on any atom is -0.264 e. The Kier molecular flexibility index (Phi) is 5.93. The zero-order valence-electron chi connectivity index (χ0n) is 6.32. The lowest BCUT2D eigenvalue weighted by Gasteiger charge is -1.82. The summed E-state index contributed by atoms with van der Waals surface area (Å²) in [7, 11) is -3.29. The molecule has 1 aliphatic rings. The Labute approximate surface area is 71.3 Å². The van der Waals surface area contributed by atoms with Crippen molar-refractivity contribution in [1.29, 1.82) is 0 Å². The second-order valence-corrected chi connectivity index (χ2v) is 4.33. The van der Waals surface area contributed by atoms with Gasteiger partial charge in [-0.1, -0.05) is 0 Å². The van der Waals surface area contributed by atoms with Crippen molar-refractivity contribution < 1.29 is 17.2 Å². The molecule has 4 nitrogen and oxygen atoms in total. The summed E-state index contributed by atoms with van der Waals surface area (Å²) in [5, 5.41) is 0. The van der Waals surface area contributed by atoms with Gasteiger partial charge in [-0.2, -0.15) is 20.2 Å². The fourth-order valence-electron chi connectivity index (χ4n) is 0.510. The summed E-state index contributed by atoms with van der Waals surface area (Å²) in [5.74, 6) is 2.83. The van der Waals surface area contributed by atoms with Crippen LogP contribution in [-0.2, 0) is 14.6 Å². The lowest BCUT2D eigenvalue weighted by molar-refractivity contribution is 0.324. The van der Waals surface area contributed by atoms with Gasteiger partial charge in [0.1, 0.15) is 0 Å². The Morgan fingerprint density at radius 3 is 1.82 bits per heavy atom. The summed E-state index contributed by atoms with van der Waals surface area (Å²) < 4.78 is 29.7. The van der Waals surface area contributed by atoms with Gasteiger partial charge in [0, 0.05) is 0 Å². The molecule has 0 unspecified atom stereocenters. The molecule has 0 atom stereocenters. The van der Waals surface area contributed by atoms with Crippen LogP contribution in [0.15, 0.2) is 0 Å². The van der Waals surface area contributed by atoms with E-state index in [-0.39, 0.29) is 0 Å². The molecule has 6 heteroatoms. The van der Waals surface area contributed by atoms with Crippen LogP contribution in [0.1, 0.15) is 12.8 Å². The van der Waals surface area contributed by atoms with Gasteiger partial charge in [0.25, 0.3) is 0 Å². The first kappa shape index (κ1) is 11.2. The molecule has 0 amide bonds. The van der Waals surface area contributed by atoms with E-state index in [0.29, 0.717) is 0 Å². The average molecular weight is 200 g/mol. The molecule has 1 N–H and O–H groups in total.